The topological polar surface area (TPSA) is 56.4 Å². The highest BCUT2D eigenvalue weighted by Gasteiger charge is 2.16. The second-order valence-corrected chi connectivity index (χ2v) is 8.50. The molecule has 0 unspecified atom stereocenters. The predicted molar refractivity (Wildman–Crippen MR) is 125 cm³/mol. The number of carbonyl (C=O) groups excluding carboxylic acids is 2. The van der Waals surface area contributed by atoms with Gasteiger partial charge in [0.15, 0.2) is 5.78 Å². The number of amides is 1. The van der Waals surface area contributed by atoms with Gasteiger partial charge in [-0.2, -0.15) is 4.99 Å². The number of imidazole rings is 1. The van der Waals surface area contributed by atoms with Gasteiger partial charge in [0, 0.05) is 22.0 Å². The summed E-state index contributed by atoms with van der Waals surface area (Å²) in [5.41, 5.74) is 3.77. The van der Waals surface area contributed by atoms with Crippen molar-refractivity contribution in [2.45, 2.75) is 20.0 Å². The van der Waals surface area contributed by atoms with Gasteiger partial charge in [-0.05, 0) is 42.0 Å². The second-order valence-electron chi connectivity index (χ2n) is 7.15. The maximum atomic E-state index is 13.0. The number of halogens is 2. The number of hydrogen-bond donors (Lipinski definition) is 0. The molecule has 4 rings (SSSR count). The molecule has 0 atom stereocenters. The van der Waals surface area contributed by atoms with E-state index in [0.717, 1.165) is 21.1 Å². The molecule has 0 bridgehead atoms. The average Bonchev–Trinajstić information content (AvgIpc) is 3.02. The summed E-state index contributed by atoms with van der Waals surface area (Å²) in [5.74, 6) is -0.392. The lowest BCUT2D eigenvalue weighted by molar-refractivity contribution is -0.116. The van der Waals surface area contributed by atoms with Gasteiger partial charge >= 0.3 is 0 Å². The summed E-state index contributed by atoms with van der Waals surface area (Å²) in [6.45, 7) is 1.97. The Morgan fingerprint density at radius 1 is 0.903 bits per heavy atom. The minimum absolute atomic E-state index is 0.0631. The van der Waals surface area contributed by atoms with Crippen molar-refractivity contribution < 1.29 is 9.59 Å². The number of aromatic nitrogens is 2. The molecule has 5 nitrogen and oxygen atoms in total. The van der Waals surface area contributed by atoms with Crippen molar-refractivity contribution in [1.82, 2.24) is 9.13 Å². The number of rotatable bonds is 5. The Morgan fingerprint density at radius 2 is 1.52 bits per heavy atom. The van der Waals surface area contributed by atoms with Crippen molar-refractivity contribution >= 4 is 50.3 Å². The maximum Gasteiger partial charge on any atom is 0.245 e. The van der Waals surface area contributed by atoms with Crippen molar-refractivity contribution in [3.63, 3.8) is 0 Å². The Kier molecular flexibility index (Phi) is 6.20. The van der Waals surface area contributed by atoms with Crippen LogP contribution in [0, 0.1) is 0 Å². The summed E-state index contributed by atoms with van der Waals surface area (Å²) in [7, 11) is 0. The van der Waals surface area contributed by atoms with Gasteiger partial charge in [-0.25, -0.2) is 0 Å². The molecular formula is C24H19BrClN3O2. The molecule has 0 saturated carbocycles. The number of hydrogen-bond acceptors (Lipinski definition) is 2. The molecule has 1 aromatic heterocycles. The van der Waals surface area contributed by atoms with Gasteiger partial charge in [0.1, 0.15) is 0 Å². The Morgan fingerprint density at radius 3 is 2.13 bits per heavy atom. The molecule has 0 aliphatic carbocycles. The minimum Gasteiger partial charge on any atom is -0.305 e. The van der Waals surface area contributed by atoms with Crippen LogP contribution in [0.25, 0.3) is 11.0 Å². The summed E-state index contributed by atoms with van der Waals surface area (Å²) in [5, 5.41) is 0.657. The van der Waals surface area contributed by atoms with E-state index in [-0.39, 0.29) is 18.2 Å². The average molecular weight is 497 g/mol. The highest BCUT2D eigenvalue weighted by molar-refractivity contribution is 9.10. The molecule has 1 heterocycles. The fourth-order valence-electron chi connectivity index (χ4n) is 3.50. The van der Waals surface area contributed by atoms with E-state index in [1.165, 1.54) is 6.92 Å². The maximum absolute atomic E-state index is 13.0. The third-order valence-electron chi connectivity index (χ3n) is 4.93. The highest BCUT2D eigenvalue weighted by atomic mass is 79.9. The van der Waals surface area contributed by atoms with Crippen LogP contribution in [0.2, 0.25) is 5.02 Å². The van der Waals surface area contributed by atoms with Crippen LogP contribution in [0.4, 0.5) is 0 Å². The van der Waals surface area contributed by atoms with E-state index < -0.39 is 0 Å². The Labute approximate surface area is 192 Å². The van der Waals surface area contributed by atoms with Crippen LogP contribution in [0.15, 0.2) is 82.3 Å². The molecule has 7 heteroatoms. The molecular weight excluding hydrogens is 478 g/mol. The molecule has 31 heavy (non-hydrogen) atoms. The van der Waals surface area contributed by atoms with Gasteiger partial charge < -0.3 is 9.13 Å². The third kappa shape index (κ3) is 4.70. The van der Waals surface area contributed by atoms with E-state index >= 15 is 0 Å². The first kappa shape index (κ1) is 21.3. The lowest BCUT2D eigenvalue weighted by Gasteiger charge is -2.07. The largest absolute Gasteiger partial charge is 0.305 e. The van der Waals surface area contributed by atoms with Crippen LogP contribution in [-0.2, 0) is 17.9 Å². The Balaban J connectivity index is 1.86. The number of carbonyl (C=O) groups is 2. The number of fused-ring (bicyclic) bond motifs is 1. The van der Waals surface area contributed by atoms with Crippen LogP contribution in [0.1, 0.15) is 22.8 Å². The zero-order valence-corrected chi connectivity index (χ0v) is 19.1. The van der Waals surface area contributed by atoms with Gasteiger partial charge in [0.2, 0.25) is 11.5 Å². The monoisotopic (exact) mass is 495 g/mol. The first-order valence-electron chi connectivity index (χ1n) is 9.69. The fourth-order valence-corrected chi connectivity index (χ4v) is 3.89. The zero-order chi connectivity index (χ0) is 22.0. The van der Waals surface area contributed by atoms with Gasteiger partial charge in [0.05, 0.1) is 24.1 Å². The van der Waals surface area contributed by atoms with Crippen molar-refractivity contribution in [2.75, 3.05) is 0 Å². The summed E-state index contributed by atoms with van der Waals surface area (Å²) >= 11 is 9.42. The molecule has 0 spiro atoms. The van der Waals surface area contributed by atoms with Gasteiger partial charge in [0.25, 0.3) is 0 Å². The summed E-state index contributed by atoms with van der Waals surface area (Å²) in [6, 6.07) is 22.5. The zero-order valence-electron chi connectivity index (χ0n) is 16.8. The summed E-state index contributed by atoms with van der Waals surface area (Å²) in [4.78, 5) is 29.3. The van der Waals surface area contributed by atoms with Crippen molar-refractivity contribution in [1.29, 1.82) is 0 Å². The van der Waals surface area contributed by atoms with E-state index in [1.54, 1.807) is 16.7 Å². The van der Waals surface area contributed by atoms with E-state index in [0.29, 0.717) is 22.7 Å². The van der Waals surface area contributed by atoms with E-state index in [2.05, 4.69) is 20.9 Å². The predicted octanol–water partition coefficient (Wildman–Crippen LogP) is 5.24. The molecule has 3 aromatic carbocycles. The van der Waals surface area contributed by atoms with Crippen molar-refractivity contribution in [3.8, 4) is 0 Å². The number of Topliss-reactive ketones (excluding diaryl/α,β-unsaturated/α-hetero) is 1. The van der Waals surface area contributed by atoms with Crippen LogP contribution >= 0.6 is 27.5 Å². The number of ketones is 1. The second kappa shape index (κ2) is 9.04. The fraction of sp³-hybridized carbons (Fsp3) is 0.125. The molecule has 4 aromatic rings. The lowest BCUT2D eigenvalue weighted by Crippen LogP contribution is -2.30. The van der Waals surface area contributed by atoms with Crippen LogP contribution in [0.3, 0.4) is 0 Å². The molecule has 0 saturated heterocycles. The molecule has 0 radical (unpaired) electrons. The molecule has 0 aliphatic rings. The SMILES string of the molecule is CC(=O)N=c1n(CC(=O)c2ccc(Br)cc2)c2ccccc2n1Cc1ccc(Cl)cc1. The smallest absolute Gasteiger partial charge is 0.245 e. The molecule has 1 amide bonds. The van der Waals surface area contributed by atoms with E-state index in [4.69, 9.17) is 11.6 Å². The van der Waals surface area contributed by atoms with Gasteiger partial charge in [-0.1, -0.05) is 63.9 Å². The normalized spacial score (nSPS) is 11.8. The van der Waals surface area contributed by atoms with E-state index in [9.17, 15) is 9.59 Å². The Hall–Kier alpha value is -2.96. The number of nitrogens with zero attached hydrogens (tertiary/aromatic N) is 3. The van der Waals surface area contributed by atoms with Crippen molar-refractivity contribution in [3.05, 3.63) is 99.0 Å². The van der Waals surface area contributed by atoms with E-state index in [1.807, 2.05) is 65.2 Å². The number of benzene rings is 3. The summed E-state index contributed by atoms with van der Waals surface area (Å²) in [6.07, 6.45) is 0. The first-order valence-corrected chi connectivity index (χ1v) is 10.9. The first-order chi connectivity index (χ1) is 14.9. The molecule has 0 aliphatic heterocycles. The van der Waals surface area contributed by atoms with Gasteiger partial charge in [-0.3, -0.25) is 9.59 Å². The minimum atomic E-state index is -0.329. The van der Waals surface area contributed by atoms with Gasteiger partial charge in [-0.15, -0.1) is 0 Å². The highest BCUT2D eigenvalue weighted by Crippen LogP contribution is 2.18. The summed E-state index contributed by atoms with van der Waals surface area (Å²) < 4.78 is 4.66. The third-order valence-corrected chi connectivity index (χ3v) is 5.71. The van der Waals surface area contributed by atoms with Crippen LogP contribution < -0.4 is 5.62 Å². The Bertz CT molecular complexity index is 1340. The van der Waals surface area contributed by atoms with Crippen molar-refractivity contribution in [2.24, 2.45) is 4.99 Å². The van der Waals surface area contributed by atoms with Crippen LogP contribution in [-0.4, -0.2) is 20.8 Å². The quantitative estimate of drug-likeness (QED) is 0.355. The van der Waals surface area contributed by atoms with Crippen LogP contribution in [0.5, 0.6) is 0 Å². The molecule has 0 N–H and O–H groups in total. The molecule has 0 fully saturated rings. The lowest BCUT2D eigenvalue weighted by atomic mass is 10.1. The molecule has 156 valence electrons. The number of para-hydroxylation sites is 2. The standard InChI is InChI=1S/C24H19BrClN3O2/c1-16(30)27-24-28(14-17-6-12-20(26)13-7-17)21-4-2-3-5-22(21)29(24)15-23(31)18-8-10-19(25)11-9-18/h2-13H,14-15H2,1H3.